The fourth-order valence-corrected chi connectivity index (χ4v) is 2.08. The summed E-state index contributed by atoms with van der Waals surface area (Å²) in [6.07, 6.45) is 2.97. The second kappa shape index (κ2) is 4.81. The third kappa shape index (κ3) is 2.22. The molecule has 0 spiro atoms. The molecular weight excluding hydrogens is 252 g/mol. The molecule has 2 aromatic heterocycles. The first-order chi connectivity index (χ1) is 9.25. The molecule has 0 saturated carbocycles. The van der Waals surface area contributed by atoms with E-state index in [0.29, 0.717) is 19.0 Å². The van der Waals surface area contributed by atoms with Gasteiger partial charge in [-0.3, -0.25) is 0 Å². The summed E-state index contributed by atoms with van der Waals surface area (Å²) in [4.78, 5) is 21.6. The Kier molecular flexibility index (Phi) is 3.00. The van der Waals surface area contributed by atoms with Crippen molar-refractivity contribution in [3.63, 3.8) is 0 Å². The van der Waals surface area contributed by atoms with Crippen LogP contribution in [0.5, 0.6) is 0 Å². The van der Waals surface area contributed by atoms with Crippen LogP contribution >= 0.6 is 0 Å². The van der Waals surface area contributed by atoms with Crippen molar-refractivity contribution in [1.82, 2.24) is 20.1 Å². The third-order valence-electron chi connectivity index (χ3n) is 3.08. The highest BCUT2D eigenvalue weighted by Crippen LogP contribution is 2.27. The second-order valence-corrected chi connectivity index (χ2v) is 4.28. The lowest BCUT2D eigenvalue weighted by Crippen LogP contribution is -2.15. The van der Waals surface area contributed by atoms with Gasteiger partial charge in [-0.25, -0.2) is 9.78 Å². The number of H-pyrrole nitrogens is 1. The Hall–Kier alpha value is -2.22. The first-order valence-electron chi connectivity index (χ1n) is 5.94. The quantitative estimate of drug-likeness (QED) is 0.851. The molecule has 3 heterocycles. The molecule has 0 amide bonds. The Morgan fingerprint density at radius 3 is 2.95 bits per heavy atom. The summed E-state index contributed by atoms with van der Waals surface area (Å²) in [5.74, 6) is -0.204. The van der Waals surface area contributed by atoms with E-state index in [-0.39, 0.29) is 23.2 Å². The number of nitrogens with one attached hydrogen (secondary N) is 1. The maximum atomic E-state index is 11.0. The molecule has 100 valence electrons. The number of carbonyl (C=O) groups is 1. The molecule has 1 fully saturated rings. The highest BCUT2D eigenvalue weighted by Gasteiger charge is 2.24. The minimum Gasteiger partial charge on any atom is -0.476 e. The molecule has 2 aromatic rings. The lowest BCUT2D eigenvalue weighted by molar-refractivity contribution is 0.0691. The van der Waals surface area contributed by atoms with E-state index in [2.05, 4.69) is 20.1 Å². The van der Waals surface area contributed by atoms with Gasteiger partial charge in [0, 0.05) is 19.1 Å². The predicted molar refractivity (Wildman–Crippen MR) is 61.6 cm³/mol. The van der Waals surface area contributed by atoms with Crippen LogP contribution in [0.15, 0.2) is 10.9 Å². The maximum absolute atomic E-state index is 11.0. The van der Waals surface area contributed by atoms with Crippen LogP contribution < -0.4 is 0 Å². The van der Waals surface area contributed by atoms with Crippen molar-refractivity contribution >= 4 is 5.97 Å². The molecule has 0 atom stereocenters. The number of hydrogen-bond donors (Lipinski definition) is 2. The molecule has 1 saturated heterocycles. The summed E-state index contributed by atoms with van der Waals surface area (Å²) < 4.78 is 10.4. The lowest BCUT2D eigenvalue weighted by Gasteiger charge is -2.18. The fraction of sp³-hybridized carbons (Fsp3) is 0.455. The van der Waals surface area contributed by atoms with Gasteiger partial charge in [0.2, 0.25) is 0 Å². The average Bonchev–Trinajstić information content (AvgIpc) is 3.08. The highest BCUT2D eigenvalue weighted by molar-refractivity contribution is 5.91. The number of hydrogen-bond acceptors (Lipinski definition) is 6. The monoisotopic (exact) mass is 264 g/mol. The van der Waals surface area contributed by atoms with Gasteiger partial charge in [0.15, 0.2) is 11.5 Å². The van der Waals surface area contributed by atoms with Gasteiger partial charge in [0.1, 0.15) is 5.69 Å². The number of rotatable bonds is 3. The van der Waals surface area contributed by atoms with Gasteiger partial charge in [-0.15, -0.1) is 0 Å². The first-order valence-corrected chi connectivity index (χ1v) is 5.94. The molecule has 0 aromatic carbocycles. The second-order valence-electron chi connectivity index (χ2n) is 4.28. The molecule has 0 radical (unpaired) electrons. The summed E-state index contributed by atoms with van der Waals surface area (Å²) in [5, 5.41) is 12.9. The third-order valence-corrected chi connectivity index (χ3v) is 3.08. The van der Waals surface area contributed by atoms with E-state index >= 15 is 0 Å². The minimum absolute atomic E-state index is 0.123. The van der Waals surface area contributed by atoms with Gasteiger partial charge < -0.3 is 19.4 Å². The summed E-state index contributed by atoms with van der Waals surface area (Å²) in [7, 11) is 0. The lowest BCUT2D eigenvalue weighted by atomic mass is 10.00. The molecule has 0 bridgehead atoms. The van der Waals surface area contributed by atoms with Gasteiger partial charge >= 0.3 is 5.97 Å². The van der Waals surface area contributed by atoms with Crippen molar-refractivity contribution in [2.75, 3.05) is 13.2 Å². The Balaban J connectivity index is 1.88. The Morgan fingerprint density at radius 2 is 2.21 bits per heavy atom. The molecule has 8 heteroatoms. The van der Waals surface area contributed by atoms with Crippen LogP contribution in [-0.2, 0) is 4.74 Å². The normalized spacial score (nSPS) is 16.6. The van der Waals surface area contributed by atoms with E-state index < -0.39 is 5.97 Å². The zero-order chi connectivity index (χ0) is 13.2. The van der Waals surface area contributed by atoms with Gasteiger partial charge in [-0.05, 0) is 12.8 Å². The standard InChI is InChI=1S/C11H12N4O4/c16-11(17)8-7(12-5-13-8)10-14-9(15-19-10)6-1-3-18-4-2-6/h5-6H,1-4H2,(H,12,13)(H,16,17). The van der Waals surface area contributed by atoms with E-state index in [4.69, 9.17) is 14.4 Å². The Morgan fingerprint density at radius 1 is 1.42 bits per heavy atom. The fourth-order valence-electron chi connectivity index (χ4n) is 2.08. The molecule has 1 aliphatic heterocycles. The number of nitrogens with zero attached hydrogens (tertiary/aromatic N) is 3. The number of ether oxygens (including phenoxy) is 1. The first kappa shape index (κ1) is 11.8. The molecule has 1 aliphatic rings. The Bertz CT molecular complexity index is 585. The Labute approximate surface area is 107 Å². The summed E-state index contributed by atoms with van der Waals surface area (Å²) in [6, 6.07) is 0. The number of imidazole rings is 1. The van der Waals surface area contributed by atoms with Crippen LogP contribution in [0.2, 0.25) is 0 Å². The van der Waals surface area contributed by atoms with Gasteiger partial charge in [0.25, 0.3) is 5.89 Å². The molecule has 3 rings (SSSR count). The van der Waals surface area contributed by atoms with Gasteiger partial charge in [-0.1, -0.05) is 5.16 Å². The largest absolute Gasteiger partial charge is 0.476 e. The van der Waals surface area contributed by atoms with E-state index in [1.807, 2.05) is 0 Å². The molecular formula is C11H12N4O4. The van der Waals surface area contributed by atoms with Crippen molar-refractivity contribution < 1.29 is 19.2 Å². The smallest absolute Gasteiger partial charge is 0.356 e. The summed E-state index contributed by atoms with van der Waals surface area (Å²) in [5.41, 5.74) is 0.112. The SMILES string of the molecule is O=C(O)c1nc[nH]c1-c1nc(C2CCOCC2)no1. The zero-order valence-corrected chi connectivity index (χ0v) is 10.00. The number of carboxylic acid groups (broad SMARTS) is 1. The minimum atomic E-state index is -1.14. The highest BCUT2D eigenvalue weighted by atomic mass is 16.5. The summed E-state index contributed by atoms with van der Waals surface area (Å²) in [6.45, 7) is 1.36. The molecule has 8 nitrogen and oxygen atoms in total. The molecule has 2 N–H and O–H groups in total. The van der Waals surface area contributed by atoms with Crippen LogP contribution in [0, 0.1) is 0 Å². The number of aromatic amines is 1. The van der Waals surface area contributed by atoms with Gasteiger partial charge in [-0.2, -0.15) is 4.98 Å². The van der Waals surface area contributed by atoms with Crippen LogP contribution in [0.1, 0.15) is 35.1 Å². The molecule has 0 aliphatic carbocycles. The van der Waals surface area contributed by atoms with Crippen molar-refractivity contribution in [1.29, 1.82) is 0 Å². The number of carboxylic acids is 1. The van der Waals surface area contributed by atoms with E-state index in [9.17, 15) is 4.79 Å². The molecule has 0 unspecified atom stereocenters. The zero-order valence-electron chi connectivity index (χ0n) is 10.00. The average molecular weight is 264 g/mol. The van der Waals surface area contributed by atoms with Crippen LogP contribution in [0.3, 0.4) is 0 Å². The van der Waals surface area contributed by atoms with Crippen molar-refractivity contribution in [2.24, 2.45) is 0 Å². The van der Waals surface area contributed by atoms with Crippen molar-refractivity contribution in [3.05, 3.63) is 17.8 Å². The van der Waals surface area contributed by atoms with Crippen LogP contribution in [-0.4, -0.2) is 44.4 Å². The summed E-state index contributed by atoms with van der Waals surface area (Å²) >= 11 is 0. The van der Waals surface area contributed by atoms with Crippen LogP contribution in [0.25, 0.3) is 11.6 Å². The van der Waals surface area contributed by atoms with Crippen molar-refractivity contribution in [3.8, 4) is 11.6 Å². The van der Waals surface area contributed by atoms with Crippen LogP contribution in [0.4, 0.5) is 0 Å². The van der Waals surface area contributed by atoms with E-state index in [1.54, 1.807) is 0 Å². The predicted octanol–water partition coefficient (Wildman–Crippen LogP) is 1.05. The molecule has 19 heavy (non-hydrogen) atoms. The number of aromatic carboxylic acids is 1. The maximum Gasteiger partial charge on any atom is 0.356 e. The van der Waals surface area contributed by atoms with E-state index in [0.717, 1.165) is 12.8 Å². The van der Waals surface area contributed by atoms with Crippen molar-refractivity contribution in [2.45, 2.75) is 18.8 Å². The van der Waals surface area contributed by atoms with Gasteiger partial charge in [0.05, 0.1) is 6.33 Å². The number of aromatic nitrogens is 4. The topological polar surface area (TPSA) is 114 Å². The van der Waals surface area contributed by atoms with E-state index in [1.165, 1.54) is 6.33 Å².